The highest BCUT2D eigenvalue weighted by Gasteiger charge is 2.12. The van der Waals surface area contributed by atoms with Crippen LogP contribution in [0.5, 0.6) is 0 Å². The van der Waals surface area contributed by atoms with Crippen LogP contribution in [0.2, 0.25) is 0 Å². The summed E-state index contributed by atoms with van der Waals surface area (Å²) in [5.74, 6) is 0. The minimum atomic E-state index is -0.460. The molecule has 0 unspecified atom stereocenters. The van der Waals surface area contributed by atoms with Crippen molar-refractivity contribution in [2.45, 2.75) is 18.7 Å². The molecule has 0 bridgehead atoms. The average molecular weight is 265 g/mol. The van der Waals surface area contributed by atoms with E-state index in [9.17, 15) is 0 Å². The van der Waals surface area contributed by atoms with Crippen LogP contribution >= 0.6 is 23.2 Å². The Morgan fingerprint density at radius 2 is 1.47 bits per heavy atom. The van der Waals surface area contributed by atoms with Gasteiger partial charge in [0.05, 0.1) is 0 Å². The van der Waals surface area contributed by atoms with Gasteiger partial charge in [0.25, 0.3) is 0 Å². The maximum absolute atomic E-state index is 5.94. The highest BCUT2D eigenvalue weighted by molar-refractivity contribution is 6.44. The zero-order chi connectivity index (χ0) is 12.4. The van der Waals surface area contributed by atoms with Crippen LogP contribution in [0.25, 0.3) is 11.1 Å². The van der Waals surface area contributed by atoms with Crippen LogP contribution in [-0.2, 0) is 0 Å². The first-order valence-corrected chi connectivity index (χ1v) is 6.42. The summed E-state index contributed by atoms with van der Waals surface area (Å²) in [6, 6.07) is 14.4. The van der Waals surface area contributed by atoms with Crippen molar-refractivity contribution < 1.29 is 0 Å². The smallest absolute Gasteiger partial charge is 0.100 e. The SMILES string of the molecule is Cc1c(-c2ccccc2)ccc(C(Cl)Cl)c1C. The topological polar surface area (TPSA) is 0 Å². The predicted octanol–water partition coefficient (Wildman–Crippen LogP) is 5.45. The van der Waals surface area contributed by atoms with E-state index in [2.05, 4.69) is 32.0 Å². The highest BCUT2D eigenvalue weighted by atomic mass is 35.5. The maximum Gasteiger partial charge on any atom is 0.133 e. The molecule has 0 nitrogen and oxygen atoms in total. The van der Waals surface area contributed by atoms with E-state index < -0.39 is 4.84 Å². The zero-order valence-corrected chi connectivity index (χ0v) is 11.4. The van der Waals surface area contributed by atoms with Crippen molar-refractivity contribution in [1.82, 2.24) is 0 Å². The van der Waals surface area contributed by atoms with Crippen molar-refractivity contribution in [1.29, 1.82) is 0 Å². The Hall–Kier alpha value is -0.980. The van der Waals surface area contributed by atoms with E-state index in [0.717, 1.165) is 5.56 Å². The van der Waals surface area contributed by atoms with Crippen LogP contribution in [0, 0.1) is 13.8 Å². The first-order chi connectivity index (χ1) is 8.11. The van der Waals surface area contributed by atoms with Crippen molar-refractivity contribution in [3.8, 4) is 11.1 Å². The van der Waals surface area contributed by atoms with Gasteiger partial charge in [-0.05, 0) is 41.7 Å². The van der Waals surface area contributed by atoms with Gasteiger partial charge < -0.3 is 0 Å². The molecule has 0 saturated carbocycles. The summed E-state index contributed by atoms with van der Waals surface area (Å²) in [5.41, 5.74) is 5.85. The Balaban J connectivity index is 2.56. The van der Waals surface area contributed by atoms with Gasteiger partial charge >= 0.3 is 0 Å². The van der Waals surface area contributed by atoms with Crippen molar-refractivity contribution in [3.63, 3.8) is 0 Å². The fraction of sp³-hybridized carbons (Fsp3) is 0.200. The molecule has 0 heterocycles. The van der Waals surface area contributed by atoms with Gasteiger partial charge in [-0.15, -0.1) is 23.2 Å². The number of benzene rings is 2. The molecule has 0 fully saturated rings. The lowest BCUT2D eigenvalue weighted by atomic mass is 9.94. The largest absolute Gasteiger partial charge is 0.133 e. The standard InChI is InChI=1S/C15H14Cl2/c1-10-11(2)14(15(16)17)9-8-13(10)12-6-4-3-5-7-12/h3-9,15H,1-2H3. The Labute approximate surface area is 112 Å². The summed E-state index contributed by atoms with van der Waals surface area (Å²) >= 11 is 11.9. The number of rotatable bonds is 2. The summed E-state index contributed by atoms with van der Waals surface area (Å²) in [7, 11) is 0. The van der Waals surface area contributed by atoms with E-state index in [1.165, 1.54) is 22.3 Å². The van der Waals surface area contributed by atoms with Gasteiger partial charge in [-0.25, -0.2) is 0 Å². The molecule has 17 heavy (non-hydrogen) atoms. The number of hydrogen-bond donors (Lipinski definition) is 0. The van der Waals surface area contributed by atoms with Crippen molar-refractivity contribution in [2.24, 2.45) is 0 Å². The van der Waals surface area contributed by atoms with Gasteiger partial charge in [0, 0.05) is 0 Å². The molecule has 0 aliphatic carbocycles. The third-order valence-electron chi connectivity index (χ3n) is 3.15. The van der Waals surface area contributed by atoms with Crippen molar-refractivity contribution in [2.75, 3.05) is 0 Å². The van der Waals surface area contributed by atoms with Gasteiger partial charge in [0.15, 0.2) is 0 Å². The van der Waals surface area contributed by atoms with E-state index in [-0.39, 0.29) is 0 Å². The van der Waals surface area contributed by atoms with Gasteiger partial charge in [-0.3, -0.25) is 0 Å². The van der Waals surface area contributed by atoms with E-state index >= 15 is 0 Å². The second-order valence-electron chi connectivity index (χ2n) is 4.12. The van der Waals surface area contributed by atoms with Crippen LogP contribution in [0.4, 0.5) is 0 Å². The van der Waals surface area contributed by atoms with E-state index in [4.69, 9.17) is 23.2 Å². The molecule has 2 heteroatoms. The van der Waals surface area contributed by atoms with E-state index in [1.54, 1.807) is 0 Å². The fourth-order valence-corrected chi connectivity index (χ4v) is 2.48. The summed E-state index contributed by atoms with van der Waals surface area (Å²) in [6.07, 6.45) is 0. The van der Waals surface area contributed by atoms with Crippen LogP contribution in [0.15, 0.2) is 42.5 Å². The molecule has 2 aromatic carbocycles. The lowest BCUT2D eigenvalue weighted by Crippen LogP contribution is -1.94. The molecule has 0 atom stereocenters. The molecular weight excluding hydrogens is 251 g/mol. The van der Waals surface area contributed by atoms with Crippen LogP contribution in [0.3, 0.4) is 0 Å². The third kappa shape index (κ3) is 2.48. The second kappa shape index (κ2) is 5.12. The molecule has 0 aromatic heterocycles. The Morgan fingerprint density at radius 1 is 0.824 bits per heavy atom. The number of hydrogen-bond acceptors (Lipinski definition) is 0. The quantitative estimate of drug-likeness (QED) is 0.633. The molecule has 0 saturated heterocycles. The molecule has 0 radical (unpaired) electrons. The first-order valence-electron chi connectivity index (χ1n) is 5.55. The van der Waals surface area contributed by atoms with Gasteiger partial charge in [-0.1, -0.05) is 42.5 Å². The molecule has 0 aliphatic heterocycles. The summed E-state index contributed by atoms with van der Waals surface area (Å²) in [6.45, 7) is 4.17. The molecule has 0 aliphatic rings. The van der Waals surface area contributed by atoms with Crippen molar-refractivity contribution >= 4 is 23.2 Å². The van der Waals surface area contributed by atoms with Crippen LogP contribution in [-0.4, -0.2) is 0 Å². The second-order valence-corrected chi connectivity index (χ2v) is 5.22. The summed E-state index contributed by atoms with van der Waals surface area (Å²) < 4.78 is 0. The molecule has 0 N–H and O–H groups in total. The monoisotopic (exact) mass is 264 g/mol. The molecule has 0 amide bonds. The molecule has 2 aromatic rings. The summed E-state index contributed by atoms with van der Waals surface area (Å²) in [4.78, 5) is -0.460. The molecule has 0 spiro atoms. The first kappa shape index (κ1) is 12.5. The number of halogens is 2. The lowest BCUT2D eigenvalue weighted by molar-refractivity contribution is 1.22. The molecule has 88 valence electrons. The normalized spacial score (nSPS) is 10.9. The lowest BCUT2D eigenvalue weighted by Gasteiger charge is -2.14. The molecule has 2 rings (SSSR count). The fourth-order valence-electron chi connectivity index (χ4n) is 2.01. The van der Waals surface area contributed by atoms with E-state index in [1.807, 2.05) is 24.3 Å². The number of alkyl halides is 2. The average Bonchev–Trinajstić information content (AvgIpc) is 2.33. The molecular formula is C15H14Cl2. The third-order valence-corrected chi connectivity index (χ3v) is 3.62. The van der Waals surface area contributed by atoms with Crippen LogP contribution in [0.1, 0.15) is 21.5 Å². The van der Waals surface area contributed by atoms with Gasteiger partial charge in [-0.2, -0.15) is 0 Å². The van der Waals surface area contributed by atoms with Crippen molar-refractivity contribution in [3.05, 3.63) is 59.2 Å². The van der Waals surface area contributed by atoms with E-state index in [0.29, 0.717) is 0 Å². The van der Waals surface area contributed by atoms with Crippen LogP contribution < -0.4 is 0 Å². The minimum absolute atomic E-state index is 0.460. The minimum Gasteiger partial charge on any atom is -0.100 e. The van der Waals surface area contributed by atoms with Gasteiger partial charge in [0.1, 0.15) is 4.84 Å². The van der Waals surface area contributed by atoms with Gasteiger partial charge in [0.2, 0.25) is 0 Å². The predicted molar refractivity (Wildman–Crippen MR) is 75.8 cm³/mol. The Morgan fingerprint density at radius 3 is 2.06 bits per heavy atom. The maximum atomic E-state index is 5.94. The zero-order valence-electron chi connectivity index (χ0n) is 9.87. The Bertz CT molecular complexity index is 516. The summed E-state index contributed by atoms with van der Waals surface area (Å²) in [5, 5.41) is 0. The highest BCUT2D eigenvalue weighted by Crippen LogP contribution is 2.33. The Kier molecular flexibility index (Phi) is 3.76.